The van der Waals surface area contributed by atoms with Crippen molar-refractivity contribution in [2.24, 2.45) is 5.92 Å². The fourth-order valence-corrected chi connectivity index (χ4v) is 4.70. The van der Waals surface area contributed by atoms with Crippen LogP contribution in [0.5, 0.6) is 0 Å². The lowest BCUT2D eigenvalue weighted by molar-refractivity contribution is 0.125. The first-order valence-corrected chi connectivity index (χ1v) is 9.03. The number of sulfonamides is 1. The smallest absolute Gasteiger partial charge is 0.216 e. The maximum atomic E-state index is 12.4. The molecule has 2 aliphatic rings. The fraction of sp³-hybridized carbons (Fsp3) is 1.00. The quantitative estimate of drug-likeness (QED) is 0.787. The molecule has 0 aromatic rings. The van der Waals surface area contributed by atoms with Gasteiger partial charge >= 0.3 is 0 Å². The molecule has 0 bridgehead atoms. The average molecular weight is 290 g/mol. The standard InChI is InChI=1S/C13H26N2O3S/c1-2-14-9-12-5-3-7-15(10-12)19(16,17)11-13-6-4-8-18-13/h12-14H,2-11H2,1H3. The minimum Gasteiger partial charge on any atom is -0.377 e. The number of hydrogen-bond donors (Lipinski definition) is 1. The lowest BCUT2D eigenvalue weighted by Crippen LogP contribution is -2.45. The van der Waals surface area contributed by atoms with Crippen molar-refractivity contribution in [3.05, 3.63) is 0 Å². The van der Waals surface area contributed by atoms with Crippen molar-refractivity contribution in [3.8, 4) is 0 Å². The van der Waals surface area contributed by atoms with Gasteiger partial charge < -0.3 is 10.1 Å². The van der Waals surface area contributed by atoms with Crippen LogP contribution in [0.3, 0.4) is 0 Å². The number of piperidine rings is 1. The molecule has 1 N–H and O–H groups in total. The molecule has 0 aromatic heterocycles. The molecule has 0 amide bonds. The Bertz CT molecular complexity index is 366. The van der Waals surface area contributed by atoms with Crippen LogP contribution in [0, 0.1) is 5.92 Å². The Kier molecular flexibility index (Phi) is 5.62. The molecule has 0 spiro atoms. The van der Waals surface area contributed by atoms with Crippen LogP contribution in [0.25, 0.3) is 0 Å². The molecular formula is C13H26N2O3S. The Morgan fingerprint density at radius 1 is 1.32 bits per heavy atom. The van der Waals surface area contributed by atoms with Gasteiger partial charge in [0.25, 0.3) is 0 Å². The Balaban J connectivity index is 1.87. The van der Waals surface area contributed by atoms with Crippen molar-refractivity contribution in [2.75, 3.05) is 38.5 Å². The second-order valence-corrected chi connectivity index (χ2v) is 7.60. The van der Waals surface area contributed by atoms with Gasteiger partial charge in [0, 0.05) is 19.7 Å². The number of nitrogens with one attached hydrogen (secondary N) is 1. The lowest BCUT2D eigenvalue weighted by Gasteiger charge is -2.32. The highest BCUT2D eigenvalue weighted by molar-refractivity contribution is 7.89. The monoisotopic (exact) mass is 290 g/mol. The van der Waals surface area contributed by atoms with Gasteiger partial charge in [-0.25, -0.2) is 12.7 Å². The Morgan fingerprint density at radius 2 is 2.16 bits per heavy atom. The summed E-state index contributed by atoms with van der Waals surface area (Å²) in [4.78, 5) is 0. The summed E-state index contributed by atoms with van der Waals surface area (Å²) in [5, 5.41) is 3.32. The zero-order chi connectivity index (χ0) is 13.7. The van der Waals surface area contributed by atoms with E-state index in [-0.39, 0.29) is 11.9 Å². The first-order valence-electron chi connectivity index (χ1n) is 7.42. The second-order valence-electron chi connectivity index (χ2n) is 5.59. The molecule has 0 saturated carbocycles. The minimum atomic E-state index is -3.14. The largest absolute Gasteiger partial charge is 0.377 e. The molecule has 6 heteroatoms. The van der Waals surface area contributed by atoms with Crippen molar-refractivity contribution in [1.82, 2.24) is 9.62 Å². The second kappa shape index (κ2) is 7.02. The van der Waals surface area contributed by atoms with Gasteiger partial charge in [0.15, 0.2) is 0 Å². The number of rotatable bonds is 6. The molecule has 2 fully saturated rings. The van der Waals surface area contributed by atoms with Crippen molar-refractivity contribution in [1.29, 1.82) is 0 Å². The average Bonchev–Trinajstić information content (AvgIpc) is 2.89. The first kappa shape index (κ1) is 15.2. The third-order valence-corrected chi connectivity index (χ3v) is 5.89. The molecule has 0 aliphatic carbocycles. The fourth-order valence-electron chi connectivity index (χ4n) is 2.91. The van der Waals surface area contributed by atoms with Gasteiger partial charge in [0.05, 0.1) is 11.9 Å². The van der Waals surface area contributed by atoms with Crippen molar-refractivity contribution >= 4 is 10.0 Å². The van der Waals surface area contributed by atoms with Crippen LogP contribution in [-0.2, 0) is 14.8 Å². The van der Waals surface area contributed by atoms with Crippen LogP contribution in [-0.4, -0.2) is 57.4 Å². The van der Waals surface area contributed by atoms with E-state index in [1.165, 1.54) is 0 Å². The van der Waals surface area contributed by atoms with Crippen molar-refractivity contribution in [2.45, 2.75) is 38.7 Å². The van der Waals surface area contributed by atoms with Crippen LogP contribution >= 0.6 is 0 Å². The van der Waals surface area contributed by atoms with Crippen LogP contribution < -0.4 is 5.32 Å². The first-order chi connectivity index (χ1) is 9.12. The summed E-state index contributed by atoms with van der Waals surface area (Å²) in [6, 6.07) is 0. The zero-order valence-corrected chi connectivity index (χ0v) is 12.6. The molecular weight excluding hydrogens is 264 g/mol. The van der Waals surface area contributed by atoms with E-state index in [1.807, 2.05) is 0 Å². The number of hydrogen-bond acceptors (Lipinski definition) is 4. The SMILES string of the molecule is CCNCC1CCCN(S(=O)(=O)CC2CCCO2)C1. The van der Waals surface area contributed by atoms with E-state index in [9.17, 15) is 8.42 Å². The summed E-state index contributed by atoms with van der Waals surface area (Å²) in [7, 11) is -3.14. The van der Waals surface area contributed by atoms with Crippen molar-refractivity contribution < 1.29 is 13.2 Å². The van der Waals surface area contributed by atoms with Crippen LogP contribution in [0.4, 0.5) is 0 Å². The van der Waals surface area contributed by atoms with Gasteiger partial charge in [0.2, 0.25) is 10.0 Å². The molecule has 0 aromatic carbocycles. The normalized spacial score (nSPS) is 29.7. The van der Waals surface area contributed by atoms with E-state index in [0.29, 0.717) is 25.6 Å². The van der Waals surface area contributed by atoms with E-state index >= 15 is 0 Å². The van der Waals surface area contributed by atoms with Gasteiger partial charge in [0.1, 0.15) is 0 Å². The molecule has 2 atom stereocenters. The van der Waals surface area contributed by atoms with E-state index in [4.69, 9.17) is 4.74 Å². The van der Waals surface area contributed by atoms with Crippen LogP contribution in [0.15, 0.2) is 0 Å². The van der Waals surface area contributed by atoms with Crippen LogP contribution in [0.1, 0.15) is 32.6 Å². The third kappa shape index (κ3) is 4.41. The Labute approximate surface area is 116 Å². The molecule has 2 unspecified atom stereocenters. The maximum Gasteiger partial charge on any atom is 0.216 e. The molecule has 19 heavy (non-hydrogen) atoms. The lowest BCUT2D eigenvalue weighted by atomic mass is 10.00. The van der Waals surface area contributed by atoms with E-state index in [2.05, 4.69) is 12.2 Å². The molecule has 2 heterocycles. The zero-order valence-electron chi connectivity index (χ0n) is 11.8. The molecule has 5 nitrogen and oxygen atoms in total. The van der Waals surface area contributed by atoms with E-state index < -0.39 is 10.0 Å². The molecule has 2 aliphatic heterocycles. The summed E-state index contributed by atoms with van der Waals surface area (Å²) in [5.74, 6) is 0.619. The number of ether oxygens (including phenoxy) is 1. The summed E-state index contributed by atoms with van der Waals surface area (Å²) in [5.41, 5.74) is 0. The van der Waals surface area contributed by atoms with Gasteiger partial charge in [-0.1, -0.05) is 6.92 Å². The summed E-state index contributed by atoms with van der Waals surface area (Å²) in [6.45, 7) is 6.00. The topological polar surface area (TPSA) is 58.6 Å². The predicted octanol–water partition coefficient (Wildman–Crippen LogP) is 0.817. The van der Waals surface area contributed by atoms with Crippen molar-refractivity contribution in [3.63, 3.8) is 0 Å². The number of nitrogens with zero attached hydrogens (tertiary/aromatic N) is 1. The Hall–Kier alpha value is -0.170. The predicted molar refractivity (Wildman–Crippen MR) is 75.6 cm³/mol. The maximum absolute atomic E-state index is 12.4. The van der Waals surface area contributed by atoms with Gasteiger partial charge in [-0.15, -0.1) is 0 Å². The highest BCUT2D eigenvalue weighted by atomic mass is 32.2. The van der Waals surface area contributed by atoms with E-state index in [0.717, 1.165) is 38.8 Å². The highest BCUT2D eigenvalue weighted by Gasteiger charge is 2.32. The van der Waals surface area contributed by atoms with Gasteiger partial charge in [-0.3, -0.25) is 0 Å². The molecule has 2 rings (SSSR count). The van der Waals surface area contributed by atoms with E-state index in [1.54, 1.807) is 4.31 Å². The molecule has 0 radical (unpaired) electrons. The van der Waals surface area contributed by atoms with Gasteiger partial charge in [-0.05, 0) is 44.7 Å². The highest BCUT2D eigenvalue weighted by Crippen LogP contribution is 2.21. The summed E-state index contributed by atoms with van der Waals surface area (Å²) in [6.07, 6.45) is 3.89. The molecule has 112 valence electrons. The van der Waals surface area contributed by atoms with Gasteiger partial charge in [-0.2, -0.15) is 0 Å². The molecule has 2 saturated heterocycles. The van der Waals surface area contributed by atoms with Crippen LogP contribution in [0.2, 0.25) is 0 Å². The minimum absolute atomic E-state index is 0.0841. The third-order valence-electron chi connectivity index (χ3n) is 3.98. The summed E-state index contributed by atoms with van der Waals surface area (Å²) >= 11 is 0. The Morgan fingerprint density at radius 3 is 2.84 bits per heavy atom. The summed E-state index contributed by atoms with van der Waals surface area (Å²) < 4.78 is 31.9.